The van der Waals surface area contributed by atoms with Crippen LogP contribution in [0.2, 0.25) is 0 Å². The van der Waals surface area contributed by atoms with Crippen molar-refractivity contribution >= 4 is 29.0 Å². The Morgan fingerprint density at radius 3 is 3.00 bits per heavy atom. The van der Waals surface area contributed by atoms with Gasteiger partial charge in [0.15, 0.2) is 5.11 Å². The number of nitrogens with one attached hydrogen (secondary N) is 1. The predicted molar refractivity (Wildman–Crippen MR) is 89.2 cm³/mol. The molecular formula is C16H18N2O3S. The lowest BCUT2D eigenvalue weighted by Crippen LogP contribution is -2.44. The molecule has 1 N–H and O–H groups in total. The van der Waals surface area contributed by atoms with Gasteiger partial charge >= 0.3 is 5.97 Å². The maximum Gasteiger partial charge on any atom is 0.317 e. The molecular weight excluding hydrogens is 300 g/mol. The van der Waals surface area contributed by atoms with E-state index in [0.29, 0.717) is 16.6 Å². The summed E-state index contributed by atoms with van der Waals surface area (Å²) in [5.74, 6) is -0.189. The van der Waals surface area contributed by atoms with Crippen molar-refractivity contribution < 1.29 is 14.3 Å². The highest BCUT2D eigenvalue weighted by atomic mass is 32.1. The molecule has 1 heterocycles. The molecule has 0 spiro atoms. The number of ether oxygens (including phenoxy) is 2. The fourth-order valence-corrected chi connectivity index (χ4v) is 2.64. The summed E-state index contributed by atoms with van der Waals surface area (Å²) in [5, 5.41) is 3.44. The molecule has 0 amide bonds. The molecule has 0 saturated carbocycles. The third kappa shape index (κ3) is 3.51. The summed E-state index contributed by atoms with van der Waals surface area (Å²) in [7, 11) is 1.60. The molecule has 0 aromatic heterocycles. The second-order valence-corrected chi connectivity index (χ2v) is 5.24. The number of carbonyl (C=O) groups excluding carboxylic acids is 1. The van der Waals surface area contributed by atoms with E-state index in [1.807, 2.05) is 24.3 Å². The molecule has 0 radical (unpaired) electrons. The molecule has 2 rings (SSSR count). The Labute approximate surface area is 135 Å². The number of hydrogen-bond acceptors (Lipinski definition) is 4. The lowest BCUT2D eigenvalue weighted by Gasteiger charge is -2.31. The molecule has 2 unspecified atom stereocenters. The van der Waals surface area contributed by atoms with E-state index in [1.165, 1.54) is 6.08 Å². The summed E-state index contributed by atoms with van der Waals surface area (Å²) in [4.78, 5) is 16.5. The fourth-order valence-electron chi connectivity index (χ4n) is 2.37. The van der Waals surface area contributed by atoms with Crippen molar-refractivity contribution in [2.45, 2.75) is 13.0 Å². The van der Waals surface area contributed by atoms with Gasteiger partial charge in [-0.25, -0.2) is 4.99 Å². The molecule has 1 aromatic rings. The lowest BCUT2D eigenvalue weighted by molar-refractivity contribution is -0.145. The highest BCUT2D eigenvalue weighted by Crippen LogP contribution is 2.30. The van der Waals surface area contributed by atoms with Crippen LogP contribution in [0.25, 0.3) is 0 Å². The molecule has 2 atom stereocenters. The molecule has 0 saturated heterocycles. The summed E-state index contributed by atoms with van der Waals surface area (Å²) in [6.45, 7) is 5.49. The number of aliphatic imine (C=N–C) groups is 1. The Kier molecular flexibility index (Phi) is 5.27. The van der Waals surface area contributed by atoms with E-state index >= 15 is 0 Å². The second-order valence-electron chi connectivity index (χ2n) is 4.85. The van der Waals surface area contributed by atoms with Crippen LogP contribution in [0.1, 0.15) is 18.5 Å². The van der Waals surface area contributed by atoms with E-state index in [2.05, 4.69) is 16.9 Å². The Bertz CT molecular complexity index is 628. The maximum atomic E-state index is 12.3. The predicted octanol–water partition coefficient (Wildman–Crippen LogP) is 2.43. The molecule has 0 fully saturated rings. The minimum Gasteiger partial charge on any atom is -0.497 e. The third-order valence-electron chi connectivity index (χ3n) is 3.39. The smallest absolute Gasteiger partial charge is 0.317 e. The molecule has 6 heteroatoms. The lowest BCUT2D eigenvalue weighted by atomic mass is 9.88. The van der Waals surface area contributed by atoms with Crippen molar-refractivity contribution in [2.24, 2.45) is 10.9 Å². The van der Waals surface area contributed by atoms with E-state index < -0.39 is 5.92 Å². The van der Waals surface area contributed by atoms with Crippen LogP contribution >= 0.6 is 12.2 Å². The van der Waals surface area contributed by atoms with Gasteiger partial charge in [0, 0.05) is 5.71 Å². The summed E-state index contributed by atoms with van der Waals surface area (Å²) in [6, 6.07) is 7.15. The van der Waals surface area contributed by atoms with Gasteiger partial charge in [-0.05, 0) is 36.8 Å². The van der Waals surface area contributed by atoms with Crippen LogP contribution in [0.4, 0.5) is 0 Å². The van der Waals surface area contributed by atoms with Gasteiger partial charge in [0.1, 0.15) is 18.3 Å². The van der Waals surface area contributed by atoms with Gasteiger partial charge in [0.05, 0.1) is 13.2 Å². The zero-order valence-corrected chi connectivity index (χ0v) is 13.4. The van der Waals surface area contributed by atoms with Crippen molar-refractivity contribution in [2.75, 3.05) is 13.7 Å². The Morgan fingerprint density at radius 1 is 1.55 bits per heavy atom. The van der Waals surface area contributed by atoms with Crippen molar-refractivity contribution in [1.82, 2.24) is 5.32 Å². The van der Waals surface area contributed by atoms with Crippen molar-refractivity contribution in [3.63, 3.8) is 0 Å². The van der Waals surface area contributed by atoms with Gasteiger partial charge in [-0.1, -0.05) is 24.8 Å². The van der Waals surface area contributed by atoms with E-state index in [4.69, 9.17) is 21.7 Å². The molecule has 0 aliphatic carbocycles. The van der Waals surface area contributed by atoms with Crippen molar-refractivity contribution in [3.05, 3.63) is 42.5 Å². The van der Waals surface area contributed by atoms with E-state index in [9.17, 15) is 4.79 Å². The Hall–Kier alpha value is -2.21. The molecule has 0 bridgehead atoms. The average molecular weight is 318 g/mol. The van der Waals surface area contributed by atoms with E-state index in [0.717, 1.165) is 5.56 Å². The first-order chi connectivity index (χ1) is 10.6. The summed E-state index contributed by atoms with van der Waals surface area (Å²) in [6.07, 6.45) is 1.53. The first-order valence-electron chi connectivity index (χ1n) is 6.84. The number of benzene rings is 1. The minimum absolute atomic E-state index is 0.165. The van der Waals surface area contributed by atoms with Crippen LogP contribution in [0.3, 0.4) is 0 Å². The zero-order chi connectivity index (χ0) is 16.1. The standard InChI is InChI=1S/C16H18N2O3S/c1-4-8-21-15(19)13-10(2)17-16(22)18-14(13)11-6-5-7-12(9-11)20-3/h4-7,9,13-14H,1,8H2,2-3H3,(H,18,22). The molecule has 116 valence electrons. The zero-order valence-electron chi connectivity index (χ0n) is 12.5. The number of esters is 1. The van der Waals surface area contributed by atoms with Crippen LogP contribution < -0.4 is 10.1 Å². The highest BCUT2D eigenvalue weighted by Gasteiger charge is 2.37. The van der Waals surface area contributed by atoms with E-state index in [1.54, 1.807) is 14.0 Å². The van der Waals surface area contributed by atoms with Crippen molar-refractivity contribution in [3.8, 4) is 5.75 Å². The van der Waals surface area contributed by atoms with Gasteiger partial charge in [-0.2, -0.15) is 0 Å². The number of methoxy groups -OCH3 is 1. The maximum absolute atomic E-state index is 12.3. The monoisotopic (exact) mass is 318 g/mol. The largest absolute Gasteiger partial charge is 0.497 e. The fraction of sp³-hybridized carbons (Fsp3) is 0.312. The first kappa shape index (κ1) is 16.2. The normalized spacial score (nSPS) is 20.6. The molecule has 1 aromatic carbocycles. The first-order valence-corrected chi connectivity index (χ1v) is 7.24. The Balaban J connectivity index is 2.36. The molecule has 1 aliphatic heterocycles. The molecule has 22 heavy (non-hydrogen) atoms. The van der Waals surface area contributed by atoms with Gasteiger partial charge in [0.25, 0.3) is 0 Å². The van der Waals surface area contributed by atoms with Crippen LogP contribution in [0.15, 0.2) is 41.9 Å². The second kappa shape index (κ2) is 7.17. The Morgan fingerprint density at radius 2 is 2.32 bits per heavy atom. The van der Waals surface area contributed by atoms with Crippen LogP contribution in [-0.2, 0) is 9.53 Å². The number of thiocarbonyl (C=S) groups is 1. The highest BCUT2D eigenvalue weighted by molar-refractivity contribution is 7.80. The minimum atomic E-state index is -0.543. The van der Waals surface area contributed by atoms with E-state index in [-0.39, 0.29) is 18.6 Å². The topological polar surface area (TPSA) is 59.9 Å². The summed E-state index contributed by atoms with van der Waals surface area (Å²) >= 11 is 5.15. The van der Waals surface area contributed by atoms with Gasteiger partial charge in [0.2, 0.25) is 0 Å². The molecule has 5 nitrogen and oxygen atoms in total. The number of carbonyl (C=O) groups is 1. The summed E-state index contributed by atoms with van der Waals surface area (Å²) in [5.41, 5.74) is 1.52. The number of hydrogen-bond donors (Lipinski definition) is 1. The third-order valence-corrected chi connectivity index (χ3v) is 3.60. The summed E-state index contributed by atoms with van der Waals surface area (Å²) < 4.78 is 10.4. The van der Waals surface area contributed by atoms with Crippen molar-refractivity contribution in [1.29, 1.82) is 0 Å². The number of rotatable bonds is 5. The van der Waals surface area contributed by atoms with Crippen LogP contribution in [-0.4, -0.2) is 30.5 Å². The van der Waals surface area contributed by atoms with Crippen LogP contribution in [0.5, 0.6) is 5.75 Å². The van der Waals surface area contributed by atoms with Gasteiger partial charge in [-0.15, -0.1) is 0 Å². The SMILES string of the molecule is C=CCOC(=O)C1C(C)=NC(=S)NC1c1cccc(OC)c1. The van der Waals surface area contributed by atoms with Crippen LogP contribution in [0, 0.1) is 5.92 Å². The molecule has 1 aliphatic rings. The average Bonchev–Trinajstić information content (AvgIpc) is 2.51. The van der Waals surface area contributed by atoms with Gasteiger partial charge in [-0.3, -0.25) is 4.79 Å². The number of nitrogens with zero attached hydrogens (tertiary/aromatic N) is 1. The quantitative estimate of drug-likeness (QED) is 0.513. The van der Waals surface area contributed by atoms with Gasteiger partial charge < -0.3 is 14.8 Å².